The molecule has 3 unspecified atom stereocenters. The maximum Gasteiger partial charge on any atom is 0.248 e. The molecule has 0 heterocycles. The molecule has 0 aromatic heterocycles. The number of amides is 2. The minimum absolute atomic E-state index is 0.0226. The number of nitrogens with two attached hydrogens (primary N) is 4. The lowest BCUT2D eigenvalue weighted by atomic mass is 9.70. The van der Waals surface area contributed by atoms with Gasteiger partial charge in [0.1, 0.15) is 12.4 Å². The Bertz CT molecular complexity index is 1260. The molecule has 12 heteroatoms. The van der Waals surface area contributed by atoms with Crippen LogP contribution in [-0.4, -0.2) is 60.6 Å². The number of Topliss-reactive ketones (excluding diaryl/α,β-unsaturated/α-hetero) is 1. The average Bonchev–Trinajstić information content (AvgIpc) is 3.60. The lowest BCUT2D eigenvalue weighted by molar-refractivity contribution is -0.130. The van der Waals surface area contributed by atoms with Gasteiger partial charge >= 0.3 is 0 Å². The monoisotopic (exact) mass is 593 g/mol. The largest absolute Gasteiger partial charge is 0.385 e. The van der Waals surface area contributed by atoms with Crippen LogP contribution in [0, 0.1) is 23.2 Å². The summed E-state index contributed by atoms with van der Waals surface area (Å²) in [5.41, 5.74) is 20.7. The van der Waals surface area contributed by atoms with E-state index in [1.807, 2.05) is 20.8 Å². The van der Waals surface area contributed by atoms with E-state index >= 15 is 0 Å². The molecule has 2 rings (SSSR count). The number of nitrogens with one attached hydrogen (secondary N) is 2. The Morgan fingerprint density at radius 1 is 1.14 bits per heavy atom. The van der Waals surface area contributed by atoms with Gasteiger partial charge in [0.2, 0.25) is 11.8 Å². The summed E-state index contributed by atoms with van der Waals surface area (Å²) in [6.07, 6.45) is 5.05. The third kappa shape index (κ3) is 9.09. The molecule has 43 heavy (non-hydrogen) atoms. The van der Waals surface area contributed by atoms with Gasteiger partial charge in [0, 0.05) is 17.2 Å². The third-order valence-electron chi connectivity index (χ3n) is 7.84. The van der Waals surface area contributed by atoms with Crippen molar-refractivity contribution in [2.24, 2.45) is 40.0 Å². The number of hydrazine groups is 1. The van der Waals surface area contributed by atoms with E-state index in [1.165, 1.54) is 6.08 Å². The van der Waals surface area contributed by atoms with Crippen molar-refractivity contribution in [2.45, 2.75) is 52.5 Å². The maximum atomic E-state index is 13.0. The van der Waals surface area contributed by atoms with Crippen molar-refractivity contribution in [1.82, 2.24) is 15.8 Å². The molecule has 12 nitrogen and oxygen atoms in total. The van der Waals surface area contributed by atoms with E-state index in [4.69, 9.17) is 23.0 Å². The Morgan fingerprint density at radius 3 is 2.21 bits per heavy atom. The van der Waals surface area contributed by atoms with Crippen molar-refractivity contribution in [1.29, 1.82) is 5.26 Å². The highest BCUT2D eigenvalue weighted by atomic mass is 16.2. The van der Waals surface area contributed by atoms with E-state index in [2.05, 4.69) is 42.4 Å². The van der Waals surface area contributed by atoms with Crippen LogP contribution in [0.15, 0.2) is 65.3 Å². The first-order valence-electron chi connectivity index (χ1n) is 14.3. The number of allylic oxidation sites excluding steroid dienone is 3. The highest BCUT2D eigenvalue weighted by molar-refractivity contribution is 6.00. The number of hydrogen-bond acceptors (Lipinski definition) is 9. The van der Waals surface area contributed by atoms with E-state index in [0.29, 0.717) is 47.1 Å². The first-order valence-corrected chi connectivity index (χ1v) is 14.3. The Balaban J connectivity index is 0.00000452. The summed E-state index contributed by atoms with van der Waals surface area (Å²) in [4.78, 5) is 38.5. The molecule has 1 fully saturated rings. The predicted octanol–water partition coefficient (Wildman–Crippen LogP) is 1.36. The predicted molar refractivity (Wildman–Crippen MR) is 170 cm³/mol. The zero-order chi connectivity index (χ0) is 32.7. The quantitative estimate of drug-likeness (QED) is 0.0238. The number of benzene rings is 1. The van der Waals surface area contributed by atoms with Gasteiger partial charge in [-0.25, -0.2) is 11.4 Å². The lowest BCUT2D eigenvalue weighted by Gasteiger charge is -2.35. The lowest BCUT2D eigenvalue weighted by Crippen LogP contribution is -2.47. The molecule has 0 radical (unpaired) electrons. The van der Waals surface area contributed by atoms with Crippen LogP contribution < -0.4 is 33.9 Å². The number of hydrazone groups is 1. The van der Waals surface area contributed by atoms with Crippen LogP contribution in [0.5, 0.6) is 0 Å². The van der Waals surface area contributed by atoms with Crippen molar-refractivity contribution in [2.75, 3.05) is 26.2 Å². The second-order valence-corrected chi connectivity index (χ2v) is 10.1. The van der Waals surface area contributed by atoms with E-state index in [-0.39, 0.29) is 43.2 Å². The van der Waals surface area contributed by atoms with Crippen LogP contribution >= 0.6 is 0 Å². The average molecular weight is 594 g/mol. The normalized spacial score (nSPS) is 19.6. The van der Waals surface area contributed by atoms with E-state index in [1.54, 1.807) is 41.3 Å². The smallest absolute Gasteiger partial charge is 0.248 e. The van der Waals surface area contributed by atoms with Gasteiger partial charge in [0.05, 0.1) is 24.6 Å². The minimum atomic E-state index is -1.08. The van der Waals surface area contributed by atoms with Crippen LogP contribution in [0.25, 0.3) is 0 Å². The minimum Gasteiger partial charge on any atom is -0.385 e. The number of carbonyl (C=O) groups excluding carboxylic acids is 3. The summed E-state index contributed by atoms with van der Waals surface area (Å²) in [6.45, 7) is 13.8. The number of nitriles is 1. The number of amidine groups is 1. The standard InChI is InChI=1S/C29H41N9O3.C2H6/c1-5-21(24(39)16-31)7-6-18(2)29(28(33)36-37-34,23-10-8-22(9-11-23)27(32)41)12-14-35-17-25(40)38(15-13-30)26-19(3)20(26)4;1-2/h5-11,19-20,26,35,37H,1,12,14-17,31,34H2,2-4H3,(H2,32,41)(H2,33,36);1-2H3/b18-6+,21-7+;/t19-,20?,26?,29?;/m0./s1. The summed E-state index contributed by atoms with van der Waals surface area (Å²) in [6, 6.07) is 8.74. The van der Waals surface area contributed by atoms with Crippen molar-refractivity contribution >= 4 is 23.4 Å². The molecule has 2 amide bonds. The summed E-state index contributed by atoms with van der Waals surface area (Å²) < 4.78 is 0. The van der Waals surface area contributed by atoms with Gasteiger partial charge in [-0.05, 0) is 49.4 Å². The molecule has 1 aromatic rings. The van der Waals surface area contributed by atoms with Crippen LogP contribution in [0.3, 0.4) is 0 Å². The molecule has 0 saturated heterocycles. The fourth-order valence-corrected chi connectivity index (χ4v) is 5.09. The number of nitrogens with zero attached hydrogens (tertiary/aromatic N) is 3. The fourth-order valence-electron chi connectivity index (χ4n) is 5.09. The van der Waals surface area contributed by atoms with Crippen molar-refractivity contribution < 1.29 is 14.4 Å². The van der Waals surface area contributed by atoms with Gasteiger partial charge in [-0.1, -0.05) is 70.2 Å². The number of hydrogen-bond donors (Lipinski definition) is 6. The van der Waals surface area contributed by atoms with Crippen LogP contribution in [-0.2, 0) is 15.0 Å². The number of primary amides is 1. The molecule has 1 aliphatic carbocycles. The first-order chi connectivity index (χ1) is 20.5. The fraction of sp³-hybridized carbons (Fsp3) is 0.452. The van der Waals surface area contributed by atoms with Crippen molar-refractivity contribution in [3.63, 3.8) is 0 Å². The Labute approximate surface area is 254 Å². The summed E-state index contributed by atoms with van der Waals surface area (Å²) >= 11 is 0. The Hall–Kier alpha value is -4.31. The van der Waals surface area contributed by atoms with Gasteiger partial charge in [0.15, 0.2) is 5.78 Å². The highest BCUT2D eigenvalue weighted by Gasteiger charge is 2.48. The van der Waals surface area contributed by atoms with E-state index in [9.17, 15) is 19.6 Å². The van der Waals surface area contributed by atoms with Gasteiger partial charge in [0.25, 0.3) is 0 Å². The summed E-state index contributed by atoms with van der Waals surface area (Å²) in [5, 5.41) is 16.5. The van der Waals surface area contributed by atoms with Gasteiger partial charge in [-0.3, -0.25) is 14.4 Å². The molecular formula is C31H47N9O3. The number of carbonyl (C=O) groups is 3. The molecule has 1 aromatic carbocycles. The van der Waals surface area contributed by atoms with E-state index < -0.39 is 11.3 Å². The zero-order valence-electron chi connectivity index (χ0n) is 25.9. The third-order valence-corrected chi connectivity index (χ3v) is 7.84. The van der Waals surface area contributed by atoms with Gasteiger partial charge < -0.3 is 27.4 Å². The molecule has 0 aliphatic heterocycles. The molecular weight excluding hydrogens is 546 g/mol. The highest BCUT2D eigenvalue weighted by Crippen LogP contribution is 2.42. The molecule has 10 N–H and O–H groups in total. The number of rotatable bonds is 16. The summed E-state index contributed by atoms with van der Waals surface area (Å²) in [7, 11) is 0. The molecule has 0 bridgehead atoms. The van der Waals surface area contributed by atoms with Gasteiger partial charge in [-0.15, -0.1) is 0 Å². The van der Waals surface area contributed by atoms with Crippen LogP contribution in [0.1, 0.15) is 57.0 Å². The van der Waals surface area contributed by atoms with Crippen molar-refractivity contribution in [3.8, 4) is 6.07 Å². The van der Waals surface area contributed by atoms with Crippen LogP contribution in [0.2, 0.25) is 0 Å². The Morgan fingerprint density at radius 2 is 1.74 bits per heavy atom. The molecule has 234 valence electrons. The first kappa shape index (κ1) is 36.7. The van der Waals surface area contributed by atoms with Gasteiger partial charge in [-0.2, -0.15) is 10.4 Å². The summed E-state index contributed by atoms with van der Waals surface area (Å²) in [5.74, 6) is 5.27. The maximum absolute atomic E-state index is 13.0. The Kier molecular flexibility index (Phi) is 15.0. The van der Waals surface area contributed by atoms with Crippen LogP contribution in [0.4, 0.5) is 0 Å². The van der Waals surface area contributed by atoms with Crippen molar-refractivity contribution in [3.05, 3.63) is 71.3 Å². The zero-order valence-corrected chi connectivity index (χ0v) is 25.9. The van der Waals surface area contributed by atoms with E-state index in [0.717, 1.165) is 0 Å². The molecule has 0 spiro atoms. The SMILES string of the molecule is C=C/C(=C\C=C(/C)C(CCNCC(=O)N(CC#N)C1C(C)[C@@H]1C)(/C(N)=N/NN)c1ccc(C(N)=O)cc1)C(=O)CN.CC. The topological polar surface area (TPSA) is 219 Å². The second-order valence-electron chi connectivity index (χ2n) is 10.1. The molecule has 1 aliphatic rings. The second kappa shape index (κ2) is 17.6. The number of ketones is 1. The molecule has 4 atom stereocenters. The molecule has 1 saturated carbocycles.